The van der Waals surface area contributed by atoms with E-state index in [1.165, 1.54) is 0 Å². The number of hydrogen-bond donors (Lipinski definition) is 1. The van der Waals surface area contributed by atoms with Crippen LogP contribution in [0.25, 0.3) is 16.9 Å². The average Bonchev–Trinajstić information content (AvgIpc) is 2.73. The van der Waals surface area contributed by atoms with E-state index >= 15 is 0 Å². The lowest BCUT2D eigenvalue weighted by Crippen LogP contribution is -1.88. The number of anilines is 1. The minimum atomic E-state index is 0.521. The van der Waals surface area contributed by atoms with Gasteiger partial charge in [0.15, 0.2) is 0 Å². The molecule has 0 aliphatic heterocycles. The molecule has 0 bridgehead atoms. The van der Waals surface area contributed by atoms with Crippen LogP contribution in [0.3, 0.4) is 0 Å². The smallest absolute Gasteiger partial charge is 0.137 e. The number of pyridine rings is 2. The second-order valence-electron chi connectivity index (χ2n) is 3.56. The molecule has 4 heteroatoms. The highest BCUT2D eigenvalue weighted by atomic mass is 15.0. The lowest BCUT2D eigenvalue weighted by molar-refractivity contribution is 1.19. The molecule has 16 heavy (non-hydrogen) atoms. The molecule has 0 aliphatic carbocycles. The van der Waals surface area contributed by atoms with Crippen molar-refractivity contribution in [1.29, 1.82) is 0 Å². The Hall–Kier alpha value is -2.36. The second-order valence-corrected chi connectivity index (χ2v) is 3.56. The first kappa shape index (κ1) is 8.91. The van der Waals surface area contributed by atoms with Crippen molar-refractivity contribution in [3.05, 3.63) is 48.9 Å². The summed E-state index contributed by atoms with van der Waals surface area (Å²) in [5.41, 5.74) is 8.34. The minimum absolute atomic E-state index is 0.521. The Bertz CT molecular complexity index is 592. The van der Waals surface area contributed by atoms with Crippen LogP contribution in [0.1, 0.15) is 0 Å². The molecule has 0 unspecified atom stereocenters. The summed E-state index contributed by atoms with van der Waals surface area (Å²) in [6, 6.07) is 9.60. The van der Waals surface area contributed by atoms with E-state index in [4.69, 9.17) is 5.73 Å². The van der Waals surface area contributed by atoms with Gasteiger partial charge in [-0.05, 0) is 24.3 Å². The van der Waals surface area contributed by atoms with Gasteiger partial charge >= 0.3 is 0 Å². The van der Waals surface area contributed by atoms with Gasteiger partial charge in [0.1, 0.15) is 11.5 Å². The normalized spacial score (nSPS) is 10.8. The highest BCUT2D eigenvalue weighted by molar-refractivity contribution is 5.62. The Morgan fingerprint density at radius 1 is 1.12 bits per heavy atom. The summed E-state index contributed by atoms with van der Waals surface area (Å²) in [5.74, 6) is 0.521. The summed E-state index contributed by atoms with van der Waals surface area (Å²) in [6.07, 6.45) is 5.68. The molecule has 3 rings (SSSR count). The van der Waals surface area contributed by atoms with E-state index in [1.54, 1.807) is 12.3 Å². The standard InChI is InChI=1S/C12H10N4/c13-11-5-4-9(7-14-11)10-8-16-6-2-1-3-12(16)15-10/h1-8H,(H2,13,14). The third-order valence-electron chi connectivity index (χ3n) is 2.45. The Labute approximate surface area is 92.4 Å². The van der Waals surface area contributed by atoms with E-state index in [-0.39, 0.29) is 0 Å². The molecule has 0 spiro atoms. The number of aromatic nitrogens is 3. The van der Waals surface area contributed by atoms with Crippen LogP contribution in [0, 0.1) is 0 Å². The Morgan fingerprint density at radius 2 is 2.06 bits per heavy atom. The predicted molar refractivity (Wildman–Crippen MR) is 62.8 cm³/mol. The first-order valence-electron chi connectivity index (χ1n) is 4.98. The van der Waals surface area contributed by atoms with Gasteiger partial charge in [-0.15, -0.1) is 0 Å². The van der Waals surface area contributed by atoms with Crippen LogP contribution < -0.4 is 5.73 Å². The van der Waals surface area contributed by atoms with Gasteiger partial charge in [-0.2, -0.15) is 0 Å². The molecule has 0 amide bonds. The Kier molecular flexibility index (Phi) is 1.86. The van der Waals surface area contributed by atoms with Gasteiger partial charge in [0.25, 0.3) is 0 Å². The highest BCUT2D eigenvalue weighted by Crippen LogP contribution is 2.18. The van der Waals surface area contributed by atoms with E-state index < -0.39 is 0 Å². The van der Waals surface area contributed by atoms with Crippen molar-refractivity contribution >= 4 is 11.5 Å². The molecule has 78 valence electrons. The van der Waals surface area contributed by atoms with Crippen LogP contribution >= 0.6 is 0 Å². The molecule has 3 aromatic heterocycles. The number of nitrogens with two attached hydrogens (primary N) is 1. The van der Waals surface area contributed by atoms with Gasteiger partial charge in [-0.25, -0.2) is 9.97 Å². The van der Waals surface area contributed by atoms with Crippen LogP contribution in [0.5, 0.6) is 0 Å². The molecule has 3 heterocycles. The quantitative estimate of drug-likeness (QED) is 0.668. The van der Waals surface area contributed by atoms with E-state index in [1.807, 2.05) is 41.1 Å². The Balaban J connectivity index is 2.15. The van der Waals surface area contributed by atoms with Crippen molar-refractivity contribution in [2.75, 3.05) is 5.73 Å². The number of hydrogen-bond acceptors (Lipinski definition) is 3. The van der Waals surface area contributed by atoms with Crippen molar-refractivity contribution in [3.63, 3.8) is 0 Å². The van der Waals surface area contributed by atoms with Crippen molar-refractivity contribution in [2.24, 2.45) is 0 Å². The van der Waals surface area contributed by atoms with Gasteiger partial charge in [0.2, 0.25) is 0 Å². The zero-order valence-corrected chi connectivity index (χ0v) is 8.54. The highest BCUT2D eigenvalue weighted by Gasteiger charge is 2.03. The summed E-state index contributed by atoms with van der Waals surface area (Å²) < 4.78 is 1.98. The number of nitrogens with zero attached hydrogens (tertiary/aromatic N) is 3. The van der Waals surface area contributed by atoms with Crippen molar-refractivity contribution in [1.82, 2.24) is 14.4 Å². The van der Waals surface area contributed by atoms with Crippen LogP contribution in [-0.2, 0) is 0 Å². The topological polar surface area (TPSA) is 56.2 Å². The summed E-state index contributed by atoms with van der Waals surface area (Å²) in [4.78, 5) is 8.55. The zero-order valence-electron chi connectivity index (χ0n) is 8.54. The second kappa shape index (κ2) is 3.34. The number of imidazole rings is 1. The van der Waals surface area contributed by atoms with E-state index in [0.29, 0.717) is 5.82 Å². The first-order valence-corrected chi connectivity index (χ1v) is 4.98. The van der Waals surface area contributed by atoms with Crippen molar-refractivity contribution in [2.45, 2.75) is 0 Å². The third kappa shape index (κ3) is 1.40. The van der Waals surface area contributed by atoms with Crippen molar-refractivity contribution in [3.8, 4) is 11.3 Å². The maximum absolute atomic E-state index is 5.54. The fraction of sp³-hybridized carbons (Fsp3) is 0. The Morgan fingerprint density at radius 3 is 2.81 bits per heavy atom. The largest absolute Gasteiger partial charge is 0.384 e. The van der Waals surface area contributed by atoms with Gasteiger partial charge in [0, 0.05) is 24.2 Å². The molecule has 4 nitrogen and oxygen atoms in total. The fourth-order valence-electron chi connectivity index (χ4n) is 1.63. The zero-order chi connectivity index (χ0) is 11.0. The van der Waals surface area contributed by atoms with E-state index in [2.05, 4.69) is 9.97 Å². The molecule has 2 N–H and O–H groups in total. The molecule has 0 aliphatic rings. The lowest BCUT2D eigenvalue weighted by Gasteiger charge is -1.95. The summed E-state index contributed by atoms with van der Waals surface area (Å²) in [7, 11) is 0. The van der Waals surface area contributed by atoms with E-state index in [9.17, 15) is 0 Å². The predicted octanol–water partition coefficient (Wildman–Crippen LogP) is 1.98. The van der Waals surface area contributed by atoms with Gasteiger partial charge in [0.05, 0.1) is 5.69 Å². The maximum atomic E-state index is 5.54. The fourth-order valence-corrected chi connectivity index (χ4v) is 1.63. The molecule has 3 aromatic rings. The van der Waals surface area contributed by atoms with Crippen LogP contribution in [0.2, 0.25) is 0 Å². The molecular weight excluding hydrogens is 200 g/mol. The van der Waals surface area contributed by atoms with E-state index in [0.717, 1.165) is 16.9 Å². The van der Waals surface area contributed by atoms with Crippen LogP contribution in [-0.4, -0.2) is 14.4 Å². The molecule has 0 atom stereocenters. The maximum Gasteiger partial charge on any atom is 0.137 e. The molecular formula is C12H10N4. The SMILES string of the molecule is Nc1ccc(-c2cn3ccccc3n2)cn1. The summed E-state index contributed by atoms with van der Waals surface area (Å²) in [6.45, 7) is 0. The van der Waals surface area contributed by atoms with Gasteiger partial charge in [-0.1, -0.05) is 6.07 Å². The van der Waals surface area contributed by atoms with Gasteiger partial charge < -0.3 is 10.1 Å². The third-order valence-corrected chi connectivity index (χ3v) is 2.45. The summed E-state index contributed by atoms with van der Waals surface area (Å²) in [5, 5.41) is 0. The number of fused-ring (bicyclic) bond motifs is 1. The number of nitrogen functional groups attached to an aromatic ring is 1. The molecule has 0 radical (unpaired) electrons. The molecule has 0 saturated heterocycles. The summed E-state index contributed by atoms with van der Waals surface area (Å²) >= 11 is 0. The minimum Gasteiger partial charge on any atom is -0.384 e. The monoisotopic (exact) mass is 210 g/mol. The number of rotatable bonds is 1. The average molecular weight is 210 g/mol. The van der Waals surface area contributed by atoms with Crippen LogP contribution in [0.15, 0.2) is 48.9 Å². The first-order chi connectivity index (χ1) is 7.83. The lowest BCUT2D eigenvalue weighted by atomic mass is 10.2. The van der Waals surface area contributed by atoms with Crippen molar-refractivity contribution < 1.29 is 0 Å². The molecule has 0 fully saturated rings. The van der Waals surface area contributed by atoms with Gasteiger partial charge in [-0.3, -0.25) is 0 Å². The van der Waals surface area contributed by atoms with Crippen LogP contribution in [0.4, 0.5) is 5.82 Å². The molecule has 0 aromatic carbocycles. The molecule has 0 saturated carbocycles.